The van der Waals surface area contributed by atoms with Crippen molar-refractivity contribution in [3.05, 3.63) is 68.5 Å². The van der Waals surface area contributed by atoms with Crippen LogP contribution in [0.15, 0.2) is 46.1 Å². The second-order valence-electron chi connectivity index (χ2n) is 13.5. The van der Waals surface area contributed by atoms with Gasteiger partial charge in [-0.1, -0.05) is 79.0 Å². The van der Waals surface area contributed by atoms with Crippen molar-refractivity contribution in [1.82, 2.24) is 14.5 Å². The summed E-state index contributed by atoms with van der Waals surface area (Å²) in [4.78, 5) is 43.4. The largest absolute Gasteiger partial charge is 0.459 e. The van der Waals surface area contributed by atoms with Crippen LogP contribution < -0.4 is 11.2 Å². The Labute approximate surface area is 257 Å². The Morgan fingerprint density at radius 2 is 1.63 bits per heavy atom. The second-order valence-corrected chi connectivity index (χ2v) is 19.0. The molecule has 238 valence electrons. The van der Waals surface area contributed by atoms with Gasteiger partial charge in [0.2, 0.25) is 0 Å². The monoisotopic (exact) mass is 613 g/mol. The van der Waals surface area contributed by atoms with E-state index in [0.29, 0.717) is 46.9 Å². The van der Waals surface area contributed by atoms with Crippen LogP contribution in [0.3, 0.4) is 0 Å². The van der Waals surface area contributed by atoms with Crippen molar-refractivity contribution in [3.8, 4) is 0 Å². The van der Waals surface area contributed by atoms with E-state index in [1.807, 2.05) is 18.2 Å². The van der Waals surface area contributed by atoms with Crippen molar-refractivity contribution in [1.29, 1.82) is 0 Å². The van der Waals surface area contributed by atoms with Crippen molar-refractivity contribution in [2.45, 2.75) is 115 Å². The van der Waals surface area contributed by atoms with Crippen LogP contribution in [0.25, 0.3) is 0 Å². The number of esters is 1. The van der Waals surface area contributed by atoms with Gasteiger partial charge < -0.3 is 13.9 Å². The molecule has 1 saturated carbocycles. The molecule has 4 rings (SSSR count). The molecule has 1 aliphatic carbocycles. The van der Waals surface area contributed by atoms with Gasteiger partial charge in [0.1, 0.15) is 12.2 Å². The maximum absolute atomic E-state index is 13.2. The van der Waals surface area contributed by atoms with Crippen LogP contribution in [-0.4, -0.2) is 66.7 Å². The number of hydrogen-bond donors (Lipinski definition) is 1. The first-order chi connectivity index (χ1) is 20.4. The molecule has 0 radical (unpaired) electrons. The third kappa shape index (κ3) is 7.41. The molecule has 1 aromatic heterocycles. The summed E-state index contributed by atoms with van der Waals surface area (Å²) in [6.07, 6.45) is 6.54. The molecule has 1 saturated heterocycles. The molecule has 1 aromatic carbocycles. The van der Waals surface area contributed by atoms with E-state index >= 15 is 0 Å². The zero-order valence-corrected chi connectivity index (χ0v) is 28.1. The summed E-state index contributed by atoms with van der Waals surface area (Å²) < 4.78 is 21.5. The summed E-state index contributed by atoms with van der Waals surface area (Å²) >= 11 is 0. The minimum absolute atomic E-state index is 0.0176. The molecule has 2 aromatic rings. The summed E-state index contributed by atoms with van der Waals surface area (Å²) in [5.74, 6) is -0.424. The van der Waals surface area contributed by atoms with Crippen LogP contribution in [-0.2, 0) is 13.9 Å². The van der Waals surface area contributed by atoms with E-state index in [-0.39, 0.29) is 13.2 Å². The molecule has 0 spiro atoms. The van der Waals surface area contributed by atoms with Gasteiger partial charge in [-0.2, -0.15) is 0 Å². The molecular formula is C33H51N3O6Si. The third-order valence-electron chi connectivity index (χ3n) is 9.58. The highest BCUT2D eigenvalue weighted by molar-refractivity contribution is 6.77. The highest BCUT2D eigenvalue weighted by atomic mass is 28.4. The Morgan fingerprint density at radius 1 is 1.00 bits per heavy atom. The number of aromatic nitrogens is 2. The summed E-state index contributed by atoms with van der Waals surface area (Å²) in [6.45, 7) is 16.4. The normalized spacial score (nSPS) is 22.4. The fourth-order valence-electron chi connectivity index (χ4n) is 7.48. The lowest BCUT2D eigenvalue weighted by Crippen LogP contribution is -2.63. The number of rotatable bonds is 11. The van der Waals surface area contributed by atoms with Crippen LogP contribution in [0.5, 0.6) is 0 Å². The molecule has 2 heterocycles. The topological polar surface area (TPSA) is 103 Å². The number of hydrogen-bond acceptors (Lipinski definition) is 7. The lowest BCUT2D eigenvalue weighted by atomic mass is 9.92. The van der Waals surface area contributed by atoms with Crippen LogP contribution in [0.2, 0.25) is 16.6 Å². The predicted molar refractivity (Wildman–Crippen MR) is 171 cm³/mol. The Morgan fingerprint density at radius 3 is 2.23 bits per heavy atom. The molecule has 9 nitrogen and oxygen atoms in total. The van der Waals surface area contributed by atoms with Gasteiger partial charge >= 0.3 is 11.7 Å². The summed E-state index contributed by atoms with van der Waals surface area (Å²) in [6, 6.07) is 9.29. The zero-order chi connectivity index (χ0) is 31.4. The Bertz CT molecular complexity index is 1310. The van der Waals surface area contributed by atoms with E-state index in [9.17, 15) is 14.4 Å². The van der Waals surface area contributed by atoms with Gasteiger partial charge in [-0.05, 0) is 48.5 Å². The highest BCUT2D eigenvalue weighted by Crippen LogP contribution is 2.44. The number of nitrogens with zero attached hydrogens (tertiary/aromatic N) is 2. The second kappa shape index (κ2) is 14.1. The van der Waals surface area contributed by atoms with Gasteiger partial charge in [0.05, 0.1) is 12.2 Å². The van der Waals surface area contributed by atoms with Gasteiger partial charge in [-0.15, -0.1) is 0 Å². The highest BCUT2D eigenvalue weighted by Gasteiger charge is 2.50. The van der Waals surface area contributed by atoms with E-state index in [0.717, 1.165) is 25.7 Å². The van der Waals surface area contributed by atoms with E-state index < -0.39 is 37.4 Å². The number of carbonyl (C=O) groups is 1. The van der Waals surface area contributed by atoms with E-state index in [1.165, 1.54) is 11.0 Å². The average Bonchev–Trinajstić information content (AvgIpc) is 2.98. The number of H-pyrrole nitrogens is 1. The van der Waals surface area contributed by atoms with Crippen molar-refractivity contribution in [3.63, 3.8) is 0 Å². The van der Waals surface area contributed by atoms with Gasteiger partial charge in [0.15, 0.2) is 14.5 Å². The zero-order valence-electron chi connectivity index (χ0n) is 27.1. The fourth-order valence-corrected chi connectivity index (χ4v) is 13.0. The average molecular weight is 614 g/mol. The SMILES string of the molecule is Cc1cn([C@H]2CN(C3CCCCC3)C[C@](COC(=O)c3ccccc3)(CO[Si](C(C)C)(C(C)C)C(C)C)O2)c(=O)[nH]c1=O. The predicted octanol–water partition coefficient (Wildman–Crippen LogP) is 5.80. The number of ether oxygens (including phenoxy) is 2. The molecule has 2 atom stereocenters. The van der Waals surface area contributed by atoms with Crippen LogP contribution >= 0.6 is 0 Å². The molecule has 43 heavy (non-hydrogen) atoms. The van der Waals surface area contributed by atoms with Crippen LogP contribution in [0, 0.1) is 6.92 Å². The van der Waals surface area contributed by atoms with Gasteiger partial charge in [-0.3, -0.25) is 19.2 Å². The first-order valence-corrected chi connectivity index (χ1v) is 18.1. The minimum Gasteiger partial charge on any atom is -0.459 e. The Balaban J connectivity index is 1.76. The Kier molecular flexibility index (Phi) is 10.9. The molecule has 1 aliphatic heterocycles. The quantitative estimate of drug-likeness (QED) is 0.253. The molecule has 0 unspecified atom stereocenters. The summed E-state index contributed by atoms with van der Waals surface area (Å²) in [5.41, 5.74) is 0.0235. The Hall–Kier alpha value is -2.53. The smallest absolute Gasteiger partial charge is 0.338 e. The lowest BCUT2D eigenvalue weighted by molar-refractivity contribution is -0.220. The van der Waals surface area contributed by atoms with Crippen molar-refractivity contribution in [2.24, 2.45) is 0 Å². The van der Waals surface area contributed by atoms with Crippen LogP contribution in [0.4, 0.5) is 0 Å². The molecule has 2 fully saturated rings. The van der Waals surface area contributed by atoms with Crippen molar-refractivity contribution < 1.29 is 18.7 Å². The first kappa shape index (κ1) is 33.4. The minimum atomic E-state index is -2.32. The van der Waals surface area contributed by atoms with Crippen molar-refractivity contribution >= 4 is 14.3 Å². The van der Waals surface area contributed by atoms with Gasteiger partial charge in [0.25, 0.3) is 5.56 Å². The lowest BCUT2D eigenvalue weighted by Gasteiger charge is -2.51. The van der Waals surface area contributed by atoms with E-state index in [2.05, 4.69) is 51.4 Å². The molecule has 0 bridgehead atoms. The molecular weight excluding hydrogens is 562 g/mol. The van der Waals surface area contributed by atoms with E-state index in [4.69, 9.17) is 13.9 Å². The van der Waals surface area contributed by atoms with E-state index in [1.54, 1.807) is 25.3 Å². The maximum Gasteiger partial charge on any atom is 0.338 e. The first-order valence-electron chi connectivity index (χ1n) is 16.0. The molecule has 0 amide bonds. The fraction of sp³-hybridized carbons (Fsp3) is 0.667. The van der Waals surface area contributed by atoms with Gasteiger partial charge in [0, 0.05) is 30.9 Å². The van der Waals surface area contributed by atoms with Crippen LogP contribution in [0.1, 0.15) is 95.8 Å². The number of aryl methyl sites for hydroxylation is 1. The summed E-state index contributed by atoms with van der Waals surface area (Å²) in [7, 11) is -2.32. The summed E-state index contributed by atoms with van der Waals surface area (Å²) in [5, 5.41) is 0. The van der Waals surface area contributed by atoms with Crippen molar-refractivity contribution in [2.75, 3.05) is 26.3 Å². The number of morpholine rings is 1. The molecule has 1 N–H and O–H groups in total. The maximum atomic E-state index is 13.2. The molecule has 2 aliphatic rings. The number of aromatic amines is 1. The molecule has 10 heteroatoms. The third-order valence-corrected chi connectivity index (χ3v) is 15.6. The number of benzene rings is 1. The number of carbonyl (C=O) groups excluding carboxylic acids is 1. The van der Waals surface area contributed by atoms with Gasteiger partial charge in [-0.25, -0.2) is 9.59 Å². The number of nitrogens with one attached hydrogen (secondary N) is 1. The standard InChI is InChI=1S/C33H51N3O6Si/c1-23(2)43(24(3)4,25(5)6)41-22-33(21-40-31(38)27-14-10-8-11-15-27)20-35(28-16-12-9-13-17-28)19-29(42-33)36-18-26(7)30(37)34-32(36)39/h8,10-11,14-15,18,23-25,28-29H,9,12-13,16-17,19-22H2,1-7H3,(H,34,37,39)/t29-,33+/m1/s1.